The van der Waals surface area contributed by atoms with E-state index in [1.165, 1.54) is 19.8 Å². The minimum atomic E-state index is -3.59. The molecule has 14 nitrogen and oxygen atoms in total. The molecule has 2 aliphatic rings. The quantitative estimate of drug-likeness (QED) is 0.284. The van der Waals surface area contributed by atoms with E-state index < -0.39 is 49.7 Å². The number of esters is 1. The number of methoxy groups -OCH3 is 1. The van der Waals surface area contributed by atoms with Crippen molar-refractivity contribution in [2.75, 3.05) is 26.1 Å². The van der Waals surface area contributed by atoms with Crippen molar-refractivity contribution in [3.8, 4) is 0 Å². The fraction of sp³-hybridized carbons (Fsp3) is 0.684. The number of hydrogen-bond acceptors (Lipinski definition) is 12. The molecule has 0 spiro atoms. The average molecular weight is 533 g/mol. The molecule has 0 aliphatic carbocycles. The van der Waals surface area contributed by atoms with Crippen LogP contribution in [0.1, 0.15) is 27.0 Å². The van der Waals surface area contributed by atoms with Crippen LogP contribution in [0.4, 0.5) is 5.82 Å². The van der Waals surface area contributed by atoms with Gasteiger partial charge in [0.05, 0.1) is 20.0 Å². The molecule has 2 aromatic rings. The van der Waals surface area contributed by atoms with Crippen molar-refractivity contribution in [3.63, 3.8) is 0 Å². The second kappa shape index (κ2) is 10.7. The molecule has 4 heterocycles. The van der Waals surface area contributed by atoms with Crippen LogP contribution in [-0.2, 0) is 44.8 Å². The molecule has 0 radical (unpaired) electrons. The largest absolute Gasteiger partial charge is 0.468 e. The lowest BCUT2D eigenvalue weighted by atomic mass is 10.1. The van der Waals surface area contributed by atoms with Crippen LogP contribution in [0, 0.1) is 5.92 Å². The summed E-state index contributed by atoms with van der Waals surface area (Å²) in [5.41, 5.74) is 6.79. The first-order valence-corrected chi connectivity index (χ1v) is 13.7. The van der Waals surface area contributed by atoms with Gasteiger partial charge in [-0.1, -0.05) is 13.8 Å². The van der Waals surface area contributed by atoms with Crippen LogP contribution in [0.5, 0.6) is 0 Å². The monoisotopic (exact) mass is 532 g/mol. The van der Waals surface area contributed by atoms with Crippen molar-refractivity contribution in [1.82, 2.24) is 24.6 Å². The van der Waals surface area contributed by atoms with Gasteiger partial charge in [0.1, 0.15) is 36.2 Å². The highest BCUT2D eigenvalue weighted by Crippen LogP contribution is 2.44. The molecule has 2 unspecified atom stereocenters. The van der Waals surface area contributed by atoms with Crippen molar-refractivity contribution >= 4 is 41.4 Å². The molecule has 2 saturated heterocycles. The van der Waals surface area contributed by atoms with E-state index in [9.17, 15) is 9.69 Å². The van der Waals surface area contributed by atoms with E-state index >= 15 is 0 Å². The summed E-state index contributed by atoms with van der Waals surface area (Å²) >= 11 is 5.24. The number of nitrogen functional groups attached to an aromatic ring is 1. The Hall–Kier alpha value is -1.81. The topological polar surface area (TPSA) is 174 Å². The van der Waals surface area contributed by atoms with E-state index in [4.69, 9.17) is 45.7 Å². The fourth-order valence-electron chi connectivity index (χ4n) is 3.92. The van der Waals surface area contributed by atoms with Crippen LogP contribution in [0.25, 0.3) is 11.2 Å². The van der Waals surface area contributed by atoms with E-state index in [2.05, 4.69) is 20.0 Å². The summed E-state index contributed by atoms with van der Waals surface area (Å²) in [6.07, 6.45) is 0.249. The number of nitrogens with one attached hydrogen (secondary N) is 1. The van der Waals surface area contributed by atoms with E-state index in [-0.39, 0.29) is 18.3 Å². The second-order valence-corrected chi connectivity index (χ2v) is 11.3. The van der Waals surface area contributed by atoms with Crippen LogP contribution >= 0.6 is 6.64 Å². The van der Waals surface area contributed by atoms with E-state index in [1.54, 1.807) is 18.4 Å². The Kier molecular flexibility index (Phi) is 8.00. The number of ether oxygens (including phenoxy) is 5. The highest BCUT2D eigenvalue weighted by atomic mass is 32.5. The van der Waals surface area contributed by atoms with Gasteiger partial charge < -0.3 is 38.8 Å². The van der Waals surface area contributed by atoms with Gasteiger partial charge in [0.2, 0.25) is 0 Å². The summed E-state index contributed by atoms with van der Waals surface area (Å²) in [4.78, 5) is 35.3. The third-order valence-electron chi connectivity index (χ3n) is 5.62. The first-order valence-electron chi connectivity index (χ1n) is 11.0. The normalized spacial score (nSPS) is 28.8. The van der Waals surface area contributed by atoms with E-state index in [0.29, 0.717) is 17.8 Å². The number of carbonyl (C=O) groups excluding carboxylic acids is 1. The molecule has 0 bridgehead atoms. The van der Waals surface area contributed by atoms with Gasteiger partial charge in [0.25, 0.3) is 13.1 Å². The third kappa shape index (κ3) is 5.48. The van der Waals surface area contributed by atoms with Gasteiger partial charge >= 0.3 is 5.97 Å². The number of nitrogens with two attached hydrogens (primary N) is 1. The van der Waals surface area contributed by atoms with Crippen LogP contribution in [0.2, 0.25) is 0 Å². The molecule has 2 aliphatic heterocycles. The Morgan fingerprint density at radius 1 is 1.31 bits per heavy atom. The summed E-state index contributed by atoms with van der Waals surface area (Å²) < 4.78 is 35.6. The molecule has 194 valence electrons. The Bertz CT molecular complexity index is 1100. The number of nitrogens with zero attached hydrogens (tertiary/aromatic N) is 4. The molecule has 0 aromatic carbocycles. The lowest BCUT2D eigenvalue weighted by Crippen LogP contribution is -2.40. The minimum absolute atomic E-state index is 0.142. The number of aromatic nitrogens is 4. The molecule has 16 heteroatoms. The maximum atomic E-state index is 12.1. The molecule has 7 atom stereocenters. The van der Waals surface area contributed by atoms with Gasteiger partial charge in [-0.25, -0.2) is 20.0 Å². The van der Waals surface area contributed by atoms with Gasteiger partial charge in [-0.05, 0) is 24.6 Å². The van der Waals surface area contributed by atoms with Gasteiger partial charge in [0, 0.05) is 6.61 Å². The molecule has 2 fully saturated rings. The lowest BCUT2D eigenvalue weighted by Gasteiger charge is -2.27. The van der Waals surface area contributed by atoms with Crippen LogP contribution < -0.4 is 10.8 Å². The van der Waals surface area contributed by atoms with Crippen molar-refractivity contribution in [2.24, 2.45) is 5.92 Å². The Labute approximate surface area is 206 Å². The number of carbonyl (C=O) groups is 1. The first kappa shape index (κ1) is 26.3. The third-order valence-corrected chi connectivity index (χ3v) is 7.36. The number of imidazole rings is 1. The van der Waals surface area contributed by atoms with Crippen molar-refractivity contribution < 1.29 is 37.9 Å². The molecule has 2 aromatic heterocycles. The van der Waals surface area contributed by atoms with E-state index in [1.807, 2.05) is 6.92 Å². The number of fused-ring (bicyclic) bond motifs is 2. The Balaban J connectivity index is 1.52. The van der Waals surface area contributed by atoms with Crippen LogP contribution in [0.3, 0.4) is 0 Å². The van der Waals surface area contributed by atoms with Crippen molar-refractivity contribution in [3.05, 3.63) is 12.7 Å². The zero-order chi connectivity index (χ0) is 25.3. The Morgan fingerprint density at radius 2 is 2.06 bits per heavy atom. The first-order chi connectivity index (χ1) is 16.6. The highest BCUT2D eigenvalue weighted by Gasteiger charge is 2.54. The summed E-state index contributed by atoms with van der Waals surface area (Å²) in [7, 11) is 1.26. The zero-order valence-electron chi connectivity index (χ0n) is 19.6. The highest BCUT2D eigenvalue weighted by molar-refractivity contribution is 8.08. The summed E-state index contributed by atoms with van der Waals surface area (Å²) in [5.74, 6) is -0.514. The summed E-state index contributed by atoms with van der Waals surface area (Å²) in [6, 6.07) is -0.836. The maximum absolute atomic E-state index is 12.1. The van der Waals surface area contributed by atoms with Crippen LogP contribution in [-0.4, -0.2) is 81.5 Å². The summed E-state index contributed by atoms with van der Waals surface area (Å²) in [6.45, 7) is 1.14. The van der Waals surface area contributed by atoms with Gasteiger partial charge in [-0.15, -0.1) is 0 Å². The van der Waals surface area contributed by atoms with Crippen molar-refractivity contribution in [1.29, 1.82) is 0 Å². The Morgan fingerprint density at radius 3 is 2.74 bits per heavy atom. The molecular weight excluding hydrogens is 503 g/mol. The zero-order valence-corrected chi connectivity index (χ0v) is 21.3. The average Bonchev–Trinajstić information content (AvgIpc) is 3.50. The SMILES string of the molecule is CCOC1O[C@@H]2[C@H](O1)[C@@H](COP(O)(=S)N[C@H](C(=O)OC)C(C)C)O[C@H]2n1cnc2c(N)ncnc21. The van der Waals surface area contributed by atoms with Gasteiger partial charge in [-0.3, -0.25) is 9.36 Å². The van der Waals surface area contributed by atoms with Crippen molar-refractivity contribution in [2.45, 2.75) is 57.8 Å². The molecule has 4 N–H and O–H groups in total. The lowest BCUT2D eigenvalue weighted by molar-refractivity contribution is -0.265. The fourth-order valence-corrected chi connectivity index (χ4v) is 5.63. The predicted molar refractivity (Wildman–Crippen MR) is 125 cm³/mol. The van der Waals surface area contributed by atoms with E-state index in [0.717, 1.165) is 0 Å². The smallest absolute Gasteiger partial charge is 0.323 e. The minimum Gasteiger partial charge on any atom is -0.468 e. The molecule has 35 heavy (non-hydrogen) atoms. The predicted octanol–water partition coefficient (Wildman–Crippen LogP) is 0.431. The summed E-state index contributed by atoms with van der Waals surface area (Å²) in [5, 5.41) is 2.71. The molecule has 0 saturated carbocycles. The molecule has 4 rings (SSSR count). The van der Waals surface area contributed by atoms with Crippen LogP contribution in [0.15, 0.2) is 12.7 Å². The maximum Gasteiger partial charge on any atom is 0.323 e. The number of rotatable bonds is 10. The number of anilines is 1. The van der Waals surface area contributed by atoms with Gasteiger partial charge in [0.15, 0.2) is 17.7 Å². The van der Waals surface area contributed by atoms with Gasteiger partial charge in [-0.2, -0.15) is 0 Å². The number of hydrogen-bond donors (Lipinski definition) is 3. The molecule has 0 amide bonds. The standard InChI is InChI=1S/C19H29N6O8PS/c1-5-29-19-32-13-10(6-30-34(27,35)24-11(9(2)3)18(26)28-4)31-17(14(13)33-19)25-8-23-12-15(20)21-7-22-16(12)25/h7-11,13-14,17,19H,5-6H2,1-4H3,(H2,20,21,22)(H2,24,27,35)/t10-,11+,13-,14-,17-,19?,34?/m1/s1. The second-order valence-electron chi connectivity index (χ2n) is 8.28. The molecular formula is C19H29N6O8PS.